The van der Waals surface area contributed by atoms with E-state index in [0.717, 1.165) is 11.3 Å². The van der Waals surface area contributed by atoms with Gasteiger partial charge in [0.2, 0.25) is 11.8 Å². The average molecular weight is 280 g/mol. The fourth-order valence-electron chi connectivity index (χ4n) is 3.03. The van der Waals surface area contributed by atoms with Crippen molar-refractivity contribution < 1.29 is 9.53 Å². The highest BCUT2D eigenvalue weighted by atomic mass is 16.5. The summed E-state index contributed by atoms with van der Waals surface area (Å²) in [7, 11) is 3.46. The van der Waals surface area contributed by atoms with Gasteiger partial charge in [0.1, 0.15) is 0 Å². The number of rotatable bonds is 4. The van der Waals surface area contributed by atoms with Crippen LogP contribution in [-0.4, -0.2) is 40.3 Å². The second-order valence-corrected chi connectivity index (χ2v) is 5.88. The third kappa shape index (κ3) is 2.40. The maximum atomic E-state index is 12.2. The van der Waals surface area contributed by atoms with Crippen LogP contribution < -0.4 is 10.5 Å². The molecule has 1 amide bonds. The molecule has 1 saturated heterocycles. The summed E-state index contributed by atoms with van der Waals surface area (Å²) in [6, 6.07) is -0.355. The van der Waals surface area contributed by atoms with E-state index in [2.05, 4.69) is 18.9 Å². The number of carbonyl (C=O) groups is 1. The molecule has 2 heterocycles. The second kappa shape index (κ2) is 5.44. The molecule has 0 aliphatic carbocycles. The molecule has 0 radical (unpaired) electrons. The first-order valence-electron chi connectivity index (χ1n) is 6.99. The van der Waals surface area contributed by atoms with E-state index in [4.69, 9.17) is 10.5 Å². The van der Waals surface area contributed by atoms with Crippen LogP contribution in [0.2, 0.25) is 0 Å². The van der Waals surface area contributed by atoms with Crippen molar-refractivity contribution in [1.82, 2.24) is 14.7 Å². The first-order chi connectivity index (χ1) is 9.36. The van der Waals surface area contributed by atoms with Gasteiger partial charge in [-0.15, -0.1) is 0 Å². The molecule has 6 nitrogen and oxygen atoms in total. The molecule has 2 unspecified atom stereocenters. The minimum absolute atomic E-state index is 0.113. The summed E-state index contributed by atoms with van der Waals surface area (Å²) in [5, 5.41) is 4.40. The van der Waals surface area contributed by atoms with E-state index in [1.165, 1.54) is 0 Å². The summed E-state index contributed by atoms with van der Waals surface area (Å²) in [5.74, 6) is 1.20. The lowest BCUT2D eigenvalue weighted by Crippen LogP contribution is -2.35. The molecule has 1 fully saturated rings. The van der Waals surface area contributed by atoms with Gasteiger partial charge in [-0.1, -0.05) is 13.8 Å². The Morgan fingerprint density at radius 2 is 2.15 bits per heavy atom. The second-order valence-electron chi connectivity index (χ2n) is 5.88. The van der Waals surface area contributed by atoms with Gasteiger partial charge in [-0.2, -0.15) is 5.10 Å². The molecule has 0 spiro atoms. The predicted molar refractivity (Wildman–Crippen MR) is 76.4 cm³/mol. The molecule has 0 bridgehead atoms. The fourth-order valence-corrected chi connectivity index (χ4v) is 3.03. The highest BCUT2D eigenvalue weighted by Crippen LogP contribution is 2.39. The van der Waals surface area contributed by atoms with Crippen molar-refractivity contribution >= 4 is 5.91 Å². The lowest BCUT2D eigenvalue weighted by atomic mass is 10.0. The van der Waals surface area contributed by atoms with Crippen molar-refractivity contribution in [3.63, 3.8) is 0 Å². The molecule has 2 N–H and O–H groups in total. The van der Waals surface area contributed by atoms with Gasteiger partial charge >= 0.3 is 0 Å². The van der Waals surface area contributed by atoms with E-state index in [9.17, 15) is 4.79 Å². The number of ether oxygens (including phenoxy) is 1. The largest absolute Gasteiger partial charge is 0.481 e. The van der Waals surface area contributed by atoms with Crippen LogP contribution in [0.4, 0.5) is 0 Å². The maximum Gasteiger partial charge on any atom is 0.224 e. The smallest absolute Gasteiger partial charge is 0.224 e. The summed E-state index contributed by atoms with van der Waals surface area (Å²) in [5.41, 5.74) is 8.02. The minimum atomic E-state index is -0.210. The van der Waals surface area contributed by atoms with Crippen molar-refractivity contribution in [2.24, 2.45) is 18.7 Å². The molecule has 1 aromatic rings. The maximum absolute atomic E-state index is 12.2. The molecule has 112 valence electrons. The van der Waals surface area contributed by atoms with Crippen molar-refractivity contribution in [3.8, 4) is 5.88 Å². The monoisotopic (exact) mass is 280 g/mol. The molecule has 0 aromatic carbocycles. The van der Waals surface area contributed by atoms with Gasteiger partial charge in [0.05, 0.1) is 24.4 Å². The normalized spacial score (nSPS) is 22.9. The van der Waals surface area contributed by atoms with Crippen LogP contribution in [0.25, 0.3) is 0 Å². The Balaban J connectivity index is 2.45. The number of carbonyl (C=O) groups excluding carboxylic acids is 1. The first-order valence-corrected chi connectivity index (χ1v) is 6.99. The number of hydrogen-bond donors (Lipinski definition) is 1. The molecule has 0 saturated carbocycles. The molecule has 1 aliphatic rings. The number of nitrogens with zero attached hydrogens (tertiary/aromatic N) is 3. The van der Waals surface area contributed by atoms with E-state index >= 15 is 0 Å². The zero-order valence-electron chi connectivity index (χ0n) is 12.9. The standard InChI is InChI=1S/C14H24N4O2/c1-8(2)7-18-11(19)6-10(15)13(18)12-9(3)16-17(4)14(12)20-5/h8,10,13H,6-7,15H2,1-5H3. The Morgan fingerprint density at radius 1 is 1.50 bits per heavy atom. The summed E-state index contributed by atoms with van der Waals surface area (Å²) < 4.78 is 7.16. The number of aromatic nitrogens is 2. The lowest BCUT2D eigenvalue weighted by Gasteiger charge is -2.28. The Kier molecular flexibility index (Phi) is 4.04. The van der Waals surface area contributed by atoms with E-state index in [0.29, 0.717) is 24.8 Å². The van der Waals surface area contributed by atoms with Crippen molar-refractivity contribution in [2.45, 2.75) is 39.3 Å². The van der Waals surface area contributed by atoms with Gasteiger partial charge in [-0.05, 0) is 12.8 Å². The zero-order valence-corrected chi connectivity index (χ0v) is 12.9. The highest BCUT2D eigenvalue weighted by Gasteiger charge is 2.42. The number of aryl methyl sites for hydroxylation is 2. The van der Waals surface area contributed by atoms with Crippen molar-refractivity contribution in [2.75, 3.05) is 13.7 Å². The van der Waals surface area contributed by atoms with Gasteiger partial charge < -0.3 is 15.4 Å². The van der Waals surface area contributed by atoms with Crippen LogP contribution in [0.5, 0.6) is 5.88 Å². The van der Waals surface area contributed by atoms with Crippen molar-refractivity contribution in [1.29, 1.82) is 0 Å². The summed E-state index contributed by atoms with van der Waals surface area (Å²) >= 11 is 0. The fraction of sp³-hybridized carbons (Fsp3) is 0.714. The summed E-state index contributed by atoms with van der Waals surface area (Å²) in [4.78, 5) is 14.1. The zero-order chi connectivity index (χ0) is 15.0. The van der Waals surface area contributed by atoms with E-state index in [1.54, 1.807) is 11.8 Å². The Labute approximate surface area is 119 Å². The quantitative estimate of drug-likeness (QED) is 0.892. The Hall–Kier alpha value is -1.56. The SMILES string of the molecule is COc1c(C2C(N)CC(=O)N2CC(C)C)c(C)nn1C. The van der Waals surface area contributed by atoms with Gasteiger partial charge in [0, 0.05) is 26.1 Å². The summed E-state index contributed by atoms with van der Waals surface area (Å²) in [6.07, 6.45) is 0.384. The minimum Gasteiger partial charge on any atom is -0.481 e. The van der Waals surface area contributed by atoms with E-state index in [-0.39, 0.29) is 18.0 Å². The van der Waals surface area contributed by atoms with Crippen LogP contribution in [-0.2, 0) is 11.8 Å². The van der Waals surface area contributed by atoms with Gasteiger partial charge in [0.15, 0.2) is 0 Å². The predicted octanol–water partition coefficient (Wildman–Crippen LogP) is 0.994. The van der Waals surface area contributed by atoms with Gasteiger partial charge in [-0.25, -0.2) is 4.68 Å². The van der Waals surface area contributed by atoms with E-state index in [1.807, 2.05) is 18.9 Å². The molecular weight excluding hydrogens is 256 g/mol. The van der Waals surface area contributed by atoms with Crippen molar-refractivity contribution in [3.05, 3.63) is 11.3 Å². The van der Waals surface area contributed by atoms with Gasteiger partial charge in [-0.3, -0.25) is 4.79 Å². The molecule has 1 aliphatic heterocycles. The first kappa shape index (κ1) is 14.8. The number of hydrogen-bond acceptors (Lipinski definition) is 4. The molecule has 2 rings (SSSR count). The average Bonchev–Trinajstić information content (AvgIpc) is 2.76. The summed E-state index contributed by atoms with van der Waals surface area (Å²) in [6.45, 7) is 6.83. The van der Waals surface area contributed by atoms with Crippen LogP contribution in [0, 0.1) is 12.8 Å². The number of likely N-dealkylation sites (tertiary alicyclic amines) is 1. The molecule has 1 aromatic heterocycles. The topological polar surface area (TPSA) is 73.4 Å². The van der Waals surface area contributed by atoms with Crippen LogP contribution >= 0.6 is 0 Å². The highest BCUT2D eigenvalue weighted by molar-refractivity contribution is 5.80. The Bertz CT molecular complexity index is 510. The third-order valence-electron chi connectivity index (χ3n) is 3.74. The van der Waals surface area contributed by atoms with Crippen LogP contribution in [0.15, 0.2) is 0 Å². The Morgan fingerprint density at radius 3 is 2.70 bits per heavy atom. The van der Waals surface area contributed by atoms with Crippen LogP contribution in [0.1, 0.15) is 37.6 Å². The third-order valence-corrected chi connectivity index (χ3v) is 3.74. The molecule has 2 atom stereocenters. The molecule has 6 heteroatoms. The van der Waals surface area contributed by atoms with E-state index < -0.39 is 0 Å². The number of nitrogens with two attached hydrogens (primary N) is 1. The molecular formula is C14H24N4O2. The number of amides is 1. The van der Waals surface area contributed by atoms with Crippen LogP contribution in [0.3, 0.4) is 0 Å². The molecule has 20 heavy (non-hydrogen) atoms. The van der Waals surface area contributed by atoms with Gasteiger partial charge in [0.25, 0.3) is 0 Å². The number of methoxy groups -OCH3 is 1. The lowest BCUT2D eigenvalue weighted by molar-refractivity contribution is -0.129.